The first kappa shape index (κ1) is 16.3. The summed E-state index contributed by atoms with van der Waals surface area (Å²) in [7, 11) is 1.97. The van der Waals surface area contributed by atoms with Crippen LogP contribution in [0.1, 0.15) is 5.56 Å². The van der Waals surface area contributed by atoms with Gasteiger partial charge < -0.3 is 16.0 Å². The molecule has 0 aliphatic rings. The van der Waals surface area contributed by atoms with Crippen molar-refractivity contribution in [3.63, 3.8) is 0 Å². The maximum absolute atomic E-state index is 6.33. The molecular formula is C19H18N6S. The summed E-state index contributed by atoms with van der Waals surface area (Å²) in [5, 5.41) is 3.98. The van der Waals surface area contributed by atoms with E-state index in [0.29, 0.717) is 23.9 Å². The van der Waals surface area contributed by atoms with Crippen molar-refractivity contribution in [1.82, 2.24) is 15.0 Å². The number of benzene rings is 2. The van der Waals surface area contributed by atoms with E-state index in [9.17, 15) is 0 Å². The first-order valence-corrected chi connectivity index (χ1v) is 9.00. The third kappa shape index (κ3) is 3.29. The summed E-state index contributed by atoms with van der Waals surface area (Å²) in [5.41, 5.74) is 8.97. The van der Waals surface area contributed by atoms with Gasteiger partial charge in [0, 0.05) is 13.6 Å². The zero-order chi connectivity index (χ0) is 17.9. The van der Waals surface area contributed by atoms with Crippen LogP contribution in [0.4, 0.5) is 22.5 Å². The summed E-state index contributed by atoms with van der Waals surface area (Å²) in [6, 6.07) is 18.2. The van der Waals surface area contributed by atoms with E-state index < -0.39 is 0 Å². The Balaban J connectivity index is 1.58. The summed E-state index contributed by atoms with van der Waals surface area (Å²) in [6.45, 7) is 0.711. The highest BCUT2D eigenvalue weighted by Gasteiger charge is 2.14. The smallest absolute Gasteiger partial charge is 0.189 e. The van der Waals surface area contributed by atoms with Crippen LogP contribution in [-0.2, 0) is 6.54 Å². The van der Waals surface area contributed by atoms with Crippen molar-refractivity contribution in [2.24, 2.45) is 0 Å². The molecule has 0 saturated heterocycles. The molecule has 0 radical (unpaired) electrons. The molecule has 2 aromatic heterocycles. The largest absolute Gasteiger partial charge is 0.393 e. The van der Waals surface area contributed by atoms with Crippen molar-refractivity contribution in [2.75, 3.05) is 23.0 Å². The minimum Gasteiger partial charge on any atom is -0.393 e. The Morgan fingerprint density at radius 1 is 1.04 bits per heavy atom. The van der Waals surface area contributed by atoms with E-state index in [4.69, 9.17) is 5.73 Å². The van der Waals surface area contributed by atoms with Gasteiger partial charge in [-0.05, 0) is 17.7 Å². The second kappa shape index (κ2) is 6.97. The zero-order valence-electron chi connectivity index (χ0n) is 14.3. The first-order chi connectivity index (χ1) is 12.7. The standard InChI is InChI=1S/C19H18N6S/c1-25(11-13-7-3-2-4-8-13)18-16(20)17(21-12-22-18)24-19-23-14-9-5-6-10-15(14)26-19/h2-10,12H,11,20H2,1H3,(H,21,22,23,24). The molecule has 2 aromatic carbocycles. The zero-order valence-corrected chi connectivity index (χ0v) is 15.1. The maximum Gasteiger partial charge on any atom is 0.189 e. The fourth-order valence-electron chi connectivity index (χ4n) is 2.75. The average molecular weight is 362 g/mol. The highest BCUT2D eigenvalue weighted by Crippen LogP contribution is 2.32. The Kier molecular flexibility index (Phi) is 4.37. The molecule has 4 rings (SSSR count). The van der Waals surface area contributed by atoms with Crippen molar-refractivity contribution in [3.05, 3.63) is 66.5 Å². The summed E-state index contributed by atoms with van der Waals surface area (Å²) >= 11 is 1.57. The minimum absolute atomic E-state index is 0.505. The number of para-hydroxylation sites is 1. The molecule has 26 heavy (non-hydrogen) atoms. The molecule has 2 heterocycles. The van der Waals surface area contributed by atoms with Gasteiger partial charge in [-0.1, -0.05) is 53.8 Å². The molecule has 4 aromatic rings. The van der Waals surface area contributed by atoms with Crippen LogP contribution >= 0.6 is 11.3 Å². The average Bonchev–Trinajstić information content (AvgIpc) is 3.06. The van der Waals surface area contributed by atoms with Crippen LogP contribution in [0.15, 0.2) is 60.9 Å². The van der Waals surface area contributed by atoms with Crippen LogP contribution in [-0.4, -0.2) is 22.0 Å². The molecule has 0 bridgehead atoms. The topological polar surface area (TPSA) is 80.0 Å². The number of fused-ring (bicyclic) bond motifs is 1. The van der Waals surface area contributed by atoms with Gasteiger partial charge in [0.05, 0.1) is 10.2 Å². The number of nitrogens with one attached hydrogen (secondary N) is 1. The molecule has 0 spiro atoms. The lowest BCUT2D eigenvalue weighted by atomic mass is 10.2. The number of nitrogens with zero attached hydrogens (tertiary/aromatic N) is 4. The number of hydrogen-bond acceptors (Lipinski definition) is 7. The minimum atomic E-state index is 0.505. The van der Waals surface area contributed by atoms with E-state index in [1.807, 2.05) is 54.4 Å². The van der Waals surface area contributed by atoms with E-state index in [0.717, 1.165) is 15.3 Å². The van der Waals surface area contributed by atoms with Crippen molar-refractivity contribution < 1.29 is 0 Å². The van der Waals surface area contributed by atoms with Crippen LogP contribution in [0.3, 0.4) is 0 Å². The molecule has 0 amide bonds. The number of nitrogen functional groups attached to an aromatic ring is 1. The summed E-state index contributed by atoms with van der Waals surface area (Å²) in [5.74, 6) is 1.25. The summed E-state index contributed by atoms with van der Waals surface area (Å²) < 4.78 is 1.11. The molecule has 130 valence electrons. The fraction of sp³-hybridized carbons (Fsp3) is 0.105. The van der Waals surface area contributed by atoms with E-state index >= 15 is 0 Å². The lowest BCUT2D eigenvalue weighted by Gasteiger charge is -2.20. The Morgan fingerprint density at radius 2 is 1.81 bits per heavy atom. The quantitative estimate of drug-likeness (QED) is 0.557. The number of hydrogen-bond donors (Lipinski definition) is 2. The van der Waals surface area contributed by atoms with Crippen molar-refractivity contribution in [1.29, 1.82) is 0 Å². The van der Waals surface area contributed by atoms with E-state index in [2.05, 4.69) is 32.4 Å². The van der Waals surface area contributed by atoms with Gasteiger partial charge in [0.2, 0.25) is 0 Å². The maximum atomic E-state index is 6.33. The van der Waals surface area contributed by atoms with Gasteiger partial charge in [-0.3, -0.25) is 0 Å². The molecule has 0 saturated carbocycles. The first-order valence-electron chi connectivity index (χ1n) is 8.19. The number of nitrogens with two attached hydrogens (primary N) is 1. The Bertz CT molecular complexity index is 998. The van der Waals surface area contributed by atoms with Crippen molar-refractivity contribution in [2.45, 2.75) is 6.54 Å². The molecule has 0 atom stereocenters. The van der Waals surface area contributed by atoms with Crippen LogP contribution in [0.2, 0.25) is 0 Å². The lowest BCUT2D eigenvalue weighted by molar-refractivity contribution is 0.894. The van der Waals surface area contributed by atoms with Gasteiger partial charge >= 0.3 is 0 Å². The third-order valence-electron chi connectivity index (χ3n) is 4.01. The van der Waals surface area contributed by atoms with Gasteiger partial charge in [-0.2, -0.15) is 0 Å². The monoisotopic (exact) mass is 362 g/mol. The third-order valence-corrected chi connectivity index (χ3v) is 4.96. The number of thiazole rings is 1. The van der Waals surface area contributed by atoms with Crippen LogP contribution < -0.4 is 16.0 Å². The second-order valence-electron chi connectivity index (χ2n) is 5.91. The van der Waals surface area contributed by atoms with E-state index in [1.54, 1.807) is 11.3 Å². The highest BCUT2D eigenvalue weighted by molar-refractivity contribution is 7.22. The van der Waals surface area contributed by atoms with Crippen molar-refractivity contribution >= 4 is 44.0 Å². The Hall–Kier alpha value is -3.19. The second-order valence-corrected chi connectivity index (χ2v) is 6.94. The summed E-state index contributed by atoms with van der Waals surface area (Å²) in [4.78, 5) is 15.2. The molecule has 6 nitrogen and oxygen atoms in total. The van der Waals surface area contributed by atoms with Crippen LogP contribution in [0.25, 0.3) is 10.2 Å². The number of anilines is 4. The Morgan fingerprint density at radius 3 is 2.62 bits per heavy atom. The van der Waals surface area contributed by atoms with Crippen molar-refractivity contribution in [3.8, 4) is 0 Å². The van der Waals surface area contributed by atoms with Gasteiger partial charge in [-0.15, -0.1) is 0 Å². The highest BCUT2D eigenvalue weighted by atomic mass is 32.1. The summed E-state index contributed by atoms with van der Waals surface area (Å²) in [6.07, 6.45) is 1.52. The Labute approximate surface area is 155 Å². The van der Waals surface area contributed by atoms with Crippen LogP contribution in [0.5, 0.6) is 0 Å². The molecule has 0 unspecified atom stereocenters. The van der Waals surface area contributed by atoms with Gasteiger partial charge in [0.15, 0.2) is 16.8 Å². The van der Waals surface area contributed by atoms with E-state index in [-0.39, 0.29) is 0 Å². The van der Waals surface area contributed by atoms with Gasteiger partial charge in [0.25, 0.3) is 0 Å². The lowest BCUT2D eigenvalue weighted by Crippen LogP contribution is -2.20. The van der Waals surface area contributed by atoms with E-state index in [1.165, 1.54) is 11.9 Å². The molecule has 0 fully saturated rings. The predicted octanol–water partition coefficient (Wildman–Crippen LogP) is 4.05. The van der Waals surface area contributed by atoms with Crippen LogP contribution in [0, 0.1) is 0 Å². The van der Waals surface area contributed by atoms with Gasteiger partial charge in [-0.25, -0.2) is 15.0 Å². The normalized spacial score (nSPS) is 10.8. The predicted molar refractivity (Wildman–Crippen MR) is 108 cm³/mol. The SMILES string of the molecule is CN(Cc1ccccc1)c1ncnc(Nc2nc3ccccc3s2)c1N. The molecule has 3 N–H and O–H groups in total. The number of rotatable bonds is 5. The van der Waals surface area contributed by atoms with Gasteiger partial charge in [0.1, 0.15) is 12.0 Å². The molecule has 7 heteroatoms. The molecular weight excluding hydrogens is 344 g/mol. The number of aromatic nitrogens is 3. The fourth-order valence-corrected chi connectivity index (χ4v) is 3.61. The molecule has 0 aliphatic carbocycles. The molecule has 0 aliphatic heterocycles.